The molecule has 0 saturated carbocycles. The van der Waals surface area contributed by atoms with Crippen LogP contribution in [-0.4, -0.2) is 19.0 Å². The van der Waals surface area contributed by atoms with Crippen LogP contribution in [-0.2, 0) is 11.2 Å². The molecular weight excluding hydrogens is 232 g/mol. The molecule has 17 heavy (non-hydrogen) atoms. The van der Waals surface area contributed by atoms with Crippen LogP contribution in [0.3, 0.4) is 0 Å². The van der Waals surface area contributed by atoms with E-state index in [9.17, 15) is 4.79 Å². The average Bonchev–Trinajstić information content (AvgIpc) is 2.82. The normalized spacial score (nSPS) is 10.4. The van der Waals surface area contributed by atoms with Gasteiger partial charge in [-0.15, -0.1) is 11.3 Å². The molecule has 0 bridgehead atoms. The maximum atomic E-state index is 11.5. The van der Waals surface area contributed by atoms with Gasteiger partial charge in [0, 0.05) is 17.8 Å². The van der Waals surface area contributed by atoms with Gasteiger partial charge in [0.1, 0.15) is 0 Å². The Morgan fingerprint density at radius 2 is 2.12 bits per heavy atom. The minimum atomic E-state index is 0.175. The van der Waals surface area contributed by atoms with Crippen LogP contribution in [0.4, 0.5) is 0 Å². The number of thiophene rings is 1. The van der Waals surface area contributed by atoms with E-state index in [2.05, 4.69) is 16.8 Å². The van der Waals surface area contributed by atoms with Crippen LogP contribution in [0.15, 0.2) is 17.5 Å². The molecule has 0 aliphatic rings. The quantitative estimate of drug-likeness (QED) is 0.664. The maximum Gasteiger partial charge on any atom is 0.220 e. The van der Waals surface area contributed by atoms with Gasteiger partial charge in [-0.05, 0) is 37.3 Å². The zero-order chi connectivity index (χ0) is 12.3. The van der Waals surface area contributed by atoms with Crippen LogP contribution < -0.4 is 11.1 Å². The van der Waals surface area contributed by atoms with Gasteiger partial charge in [-0.2, -0.15) is 0 Å². The fraction of sp³-hybridized carbons (Fsp3) is 0.615. The summed E-state index contributed by atoms with van der Waals surface area (Å²) in [6.45, 7) is 1.51. The summed E-state index contributed by atoms with van der Waals surface area (Å²) in [5, 5.41) is 5.02. The lowest BCUT2D eigenvalue weighted by Crippen LogP contribution is -2.25. The fourth-order valence-corrected chi connectivity index (χ4v) is 2.36. The van der Waals surface area contributed by atoms with Crippen LogP contribution in [0.5, 0.6) is 0 Å². The molecule has 1 aromatic rings. The van der Waals surface area contributed by atoms with Crippen molar-refractivity contribution in [3.8, 4) is 0 Å². The first kappa shape index (κ1) is 14.2. The Bertz CT molecular complexity index is 298. The van der Waals surface area contributed by atoms with E-state index in [1.54, 1.807) is 11.3 Å². The van der Waals surface area contributed by atoms with E-state index in [1.165, 1.54) is 4.88 Å². The molecule has 0 aliphatic heterocycles. The number of amides is 1. The number of rotatable bonds is 9. The van der Waals surface area contributed by atoms with Gasteiger partial charge in [-0.25, -0.2) is 0 Å². The Labute approximate surface area is 107 Å². The first-order chi connectivity index (χ1) is 8.33. The lowest BCUT2D eigenvalue weighted by atomic mass is 10.1. The molecule has 1 amide bonds. The average molecular weight is 254 g/mol. The Kier molecular flexibility index (Phi) is 7.67. The third-order valence-electron chi connectivity index (χ3n) is 2.63. The fourth-order valence-electron chi connectivity index (χ4n) is 1.65. The molecule has 0 atom stereocenters. The third-order valence-corrected chi connectivity index (χ3v) is 3.57. The third kappa shape index (κ3) is 7.13. The largest absolute Gasteiger partial charge is 0.356 e. The first-order valence-electron chi connectivity index (χ1n) is 6.32. The van der Waals surface area contributed by atoms with E-state index in [-0.39, 0.29) is 5.91 Å². The van der Waals surface area contributed by atoms with E-state index in [0.717, 1.165) is 45.2 Å². The molecule has 0 spiro atoms. The van der Waals surface area contributed by atoms with Gasteiger partial charge in [0.05, 0.1) is 0 Å². The number of carbonyl (C=O) groups excluding carboxylic acids is 1. The van der Waals surface area contributed by atoms with Crippen LogP contribution in [0.1, 0.15) is 37.0 Å². The molecular formula is C13H22N2OS. The topological polar surface area (TPSA) is 55.1 Å². The number of nitrogens with one attached hydrogen (secondary N) is 1. The van der Waals surface area contributed by atoms with Crippen LogP contribution in [0.25, 0.3) is 0 Å². The van der Waals surface area contributed by atoms with Gasteiger partial charge in [-0.3, -0.25) is 4.79 Å². The van der Waals surface area contributed by atoms with Crippen molar-refractivity contribution in [3.63, 3.8) is 0 Å². The zero-order valence-corrected chi connectivity index (χ0v) is 11.1. The molecule has 0 radical (unpaired) electrons. The number of unbranched alkanes of at least 4 members (excludes halogenated alkanes) is 3. The summed E-state index contributed by atoms with van der Waals surface area (Å²) in [5.41, 5.74) is 5.40. The molecule has 1 aromatic heterocycles. The lowest BCUT2D eigenvalue weighted by Gasteiger charge is -2.04. The molecule has 0 aliphatic carbocycles. The smallest absolute Gasteiger partial charge is 0.220 e. The number of carbonyl (C=O) groups is 1. The Morgan fingerprint density at radius 3 is 2.82 bits per heavy atom. The highest BCUT2D eigenvalue weighted by molar-refractivity contribution is 7.09. The second-order valence-electron chi connectivity index (χ2n) is 4.13. The molecule has 4 heteroatoms. The van der Waals surface area contributed by atoms with Crippen molar-refractivity contribution in [2.75, 3.05) is 13.1 Å². The molecule has 0 fully saturated rings. The van der Waals surface area contributed by atoms with Crippen molar-refractivity contribution in [2.45, 2.75) is 38.5 Å². The SMILES string of the molecule is NCCCCCCC(=O)NCCc1cccs1. The minimum absolute atomic E-state index is 0.175. The predicted molar refractivity (Wildman–Crippen MR) is 73.2 cm³/mol. The molecule has 1 rings (SSSR count). The van der Waals surface area contributed by atoms with E-state index in [0.29, 0.717) is 6.42 Å². The summed E-state index contributed by atoms with van der Waals surface area (Å²) in [4.78, 5) is 12.8. The first-order valence-corrected chi connectivity index (χ1v) is 7.20. The Balaban J connectivity index is 1.94. The lowest BCUT2D eigenvalue weighted by molar-refractivity contribution is -0.121. The van der Waals surface area contributed by atoms with Crippen molar-refractivity contribution in [2.24, 2.45) is 5.73 Å². The van der Waals surface area contributed by atoms with Gasteiger partial charge < -0.3 is 11.1 Å². The van der Waals surface area contributed by atoms with Crippen molar-refractivity contribution in [1.29, 1.82) is 0 Å². The molecule has 0 saturated heterocycles. The number of hydrogen-bond donors (Lipinski definition) is 2. The van der Waals surface area contributed by atoms with E-state index >= 15 is 0 Å². The highest BCUT2D eigenvalue weighted by Gasteiger charge is 2.00. The summed E-state index contributed by atoms with van der Waals surface area (Å²) >= 11 is 1.74. The van der Waals surface area contributed by atoms with E-state index in [4.69, 9.17) is 5.73 Å². The second-order valence-corrected chi connectivity index (χ2v) is 5.16. The van der Waals surface area contributed by atoms with Crippen LogP contribution >= 0.6 is 11.3 Å². The molecule has 3 N–H and O–H groups in total. The molecule has 96 valence electrons. The van der Waals surface area contributed by atoms with Gasteiger partial charge in [0.2, 0.25) is 5.91 Å². The monoisotopic (exact) mass is 254 g/mol. The van der Waals surface area contributed by atoms with Gasteiger partial charge >= 0.3 is 0 Å². The van der Waals surface area contributed by atoms with Crippen molar-refractivity contribution < 1.29 is 4.79 Å². The van der Waals surface area contributed by atoms with Gasteiger partial charge in [-0.1, -0.05) is 18.9 Å². The number of nitrogens with two attached hydrogens (primary N) is 1. The summed E-state index contributed by atoms with van der Waals surface area (Å²) in [6.07, 6.45) is 5.88. The highest BCUT2D eigenvalue weighted by atomic mass is 32.1. The summed E-state index contributed by atoms with van der Waals surface area (Å²) in [6, 6.07) is 4.14. The highest BCUT2D eigenvalue weighted by Crippen LogP contribution is 2.08. The molecule has 3 nitrogen and oxygen atoms in total. The van der Waals surface area contributed by atoms with Crippen LogP contribution in [0, 0.1) is 0 Å². The maximum absolute atomic E-state index is 11.5. The Hall–Kier alpha value is -0.870. The van der Waals surface area contributed by atoms with Crippen molar-refractivity contribution >= 4 is 17.2 Å². The zero-order valence-electron chi connectivity index (χ0n) is 10.3. The van der Waals surface area contributed by atoms with Crippen LogP contribution in [0.2, 0.25) is 0 Å². The van der Waals surface area contributed by atoms with E-state index in [1.807, 2.05) is 6.07 Å². The number of hydrogen-bond acceptors (Lipinski definition) is 3. The van der Waals surface area contributed by atoms with Gasteiger partial charge in [0.15, 0.2) is 0 Å². The van der Waals surface area contributed by atoms with Gasteiger partial charge in [0.25, 0.3) is 0 Å². The Morgan fingerprint density at radius 1 is 1.29 bits per heavy atom. The second kappa shape index (κ2) is 9.19. The summed E-state index contributed by atoms with van der Waals surface area (Å²) < 4.78 is 0. The molecule has 0 unspecified atom stereocenters. The van der Waals surface area contributed by atoms with E-state index < -0.39 is 0 Å². The summed E-state index contributed by atoms with van der Waals surface area (Å²) in [5.74, 6) is 0.175. The summed E-state index contributed by atoms with van der Waals surface area (Å²) in [7, 11) is 0. The molecule has 1 heterocycles. The van der Waals surface area contributed by atoms with Crippen molar-refractivity contribution in [3.05, 3.63) is 22.4 Å². The van der Waals surface area contributed by atoms with Crippen molar-refractivity contribution in [1.82, 2.24) is 5.32 Å². The standard InChI is InChI=1S/C13H22N2OS/c14-9-4-2-1-3-7-13(16)15-10-8-12-6-5-11-17-12/h5-6,11H,1-4,7-10,14H2,(H,15,16). The predicted octanol–water partition coefficient (Wildman–Crippen LogP) is 2.32. The minimum Gasteiger partial charge on any atom is -0.356 e. The molecule has 0 aromatic carbocycles.